The average molecular weight is 391 g/mol. The normalized spacial score (nSPS) is 14.4. The number of hydrogen-bond donors (Lipinski definition) is 0. The first-order valence-electron chi connectivity index (χ1n) is 10.8. The molecule has 0 spiro atoms. The molecule has 0 aliphatic carbocycles. The molecule has 26 heavy (non-hydrogen) atoms. The van der Waals surface area contributed by atoms with E-state index in [1.54, 1.807) is 0 Å². The summed E-state index contributed by atoms with van der Waals surface area (Å²) in [4.78, 5) is 16.1. The number of halogens is 1. The van der Waals surface area contributed by atoms with E-state index in [0.717, 1.165) is 26.1 Å². The summed E-state index contributed by atoms with van der Waals surface area (Å²) < 4.78 is 5.69. The summed E-state index contributed by atoms with van der Waals surface area (Å²) in [6.07, 6.45) is 16.0. The van der Waals surface area contributed by atoms with Crippen LogP contribution < -0.4 is 0 Å². The Morgan fingerprint density at radius 2 is 1.42 bits per heavy atom. The monoisotopic (exact) mass is 390 g/mol. The van der Waals surface area contributed by atoms with Gasteiger partial charge in [0.1, 0.15) is 0 Å². The van der Waals surface area contributed by atoms with Gasteiger partial charge in [-0.2, -0.15) is 0 Å². The first-order chi connectivity index (χ1) is 12.2. The lowest BCUT2D eigenvalue weighted by atomic mass is 10.1. The van der Waals surface area contributed by atoms with E-state index in [1.165, 1.54) is 70.6 Å². The highest BCUT2D eigenvalue weighted by Crippen LogP contribution is 2.10. The van der Waals surface area contributed by atoms with Gasteiger partial charge in [-0.05, 0) is 32.4 Å². The molecule has 1 heterocycles. The van der Waals surface area contributed by atoms with Gasteiger partial charge >= 0.3 is 0 Å². The Hall–Kier alpha value is -0.320. The molecule has 0 saturated carbocycles. The van der Waals surface area contributed by atoms with Crippen LogP contribution in [0.1, 0.15) is 84.0 Å². The van der Waals surface area contributed by atoms with Gasteiger partial charge in [0.2, 0.25) is 5.91 Å². The number of likely N-dealkylation sites (N-methyl/N-ethyl adjacent to an activating group) is 1. The van der Waals surface area contributed by atoms with E-state index < -0.39 is 0 Å². The lowest BCUT2D eigenvalue weighted by molar-refractivity contribution is -0.131. The molecule has 1 amide bonds. The minimum atomic E-state index is 0. The Balaban J connectivity index is 0.00000625. The zero-order valence-electron chi connectivity index (χ0n) is 17.3. The number of amides is 1. The summed E-state index contributed by atoms with van der Waals surface area (Å²) in [6, 6.07) is 0. The molecule has 1 rings (SSSR count). The Kier molecular flexibility index (Phi) is 17.8. The van der Waals surface area contributed by atoms with Crippen LogP contribution in [0, 0.1) is 0 Å². The van der Waals surface area contributed by atoms with E-state index in [0.29, 0.717) is 19.7 Å². The van der Waals surface area contributed by atoms with E-state index in [2.05, 4.69) is 11.8 Å². The smallest absolute Gasteiger partial charge is 0.236 e. The largest absolute Gasteiger partial charge is 0.380 e. The van der Waals surface area contributed by atoms with Crippen LogP contribution in [-0.4, -0.2) is 62.1 Å². The molecule has 0 aromatic rings. The van der Waals surface area contributed by atoms with Crippen LogP contribution in [0.25, 0.3) is 0 Å². The highest BCUT2D eigenvalue weighted by atomic mass is 35.5. The molecule has 0 aromatic heterocycles. The molecule has 0 aromatic carbocycles. The third kappa shape index (κ3) is 13.8. The van der Waals surface area contributed by atoms with Crippen molar-refractivity contribution in [1.29, 1.82) is 0 Å². The van der Waals surface area contributed by atoms with Crippen LogP contribution >= 0.6 is 12.4 Å². The summed E-state index contributed by atoms with van der Waals surface area (Å²) in [5, 5.41) is 0. The van der Waals surface area contributed by atoms with Crippen LogP contribution in [0.5, 0.6) is 0 Å². The van der Waals surface area contributed by atoms with Gasteiger partial charge in [0.25, 0.3) is 0 Å². The average Bonchev–Trinajstić information content (AvgIpc) is 3.11. The molecular weight excluding hydrogens is 348 g/mol. The van der Waals surface area contributed by atoms with Crippen LogP contribution in [0.2, 0.25) is 0 Å². The van der Waals surface area contributed by atoms with Crippen LogP contribution in [-0.2, 0) is 9.53 Å². The zero-order valence-corrected chi connectivity index (χ0v) is 18.2. The fourth-order valence-electron chi connectivity index (χ4n) is 3.37. The number of hydrogen-bond acceptors (Lipinski definition) is 3. The number of likely N-dealkylation sites (tertiary alicyclic amines) is 1. The van der Waals surface area contributed by atoms with Gasteiger partial charge in [0, 0.05) is 20.2 Å². The van der Waals surface area contributed by atoms with Crippen molar-refractivity contribution >= 4 is 18.3 Å². The zero-order chi connectivity index (χ0) is 18.2. The molecule has 0 N–H and O–H groups in total. The fourth-order valence-corrected chi connectivity index (χ4v) is 3.37. The first kappa shape index (κ1) is 25.7. The highest BCUT2D eigenvalue weighted by molar-refractivity contribution is 5.85. The summed E-state index contributed by atoms with van der Waals surface area (Å²) in [6.45, 7) is 7.22. The van der Waals surface area contributed by atoms with Crippen LogP contribution in [0.3, 0.4) is 0 Å². The van der Waals surface area contributed by atoms with E-state index in [1.807, 2.05) is 11.9 Å². The van der Waals surface area contributed by atoms with Crippen LogP contribution in [0.4, 0.5) is 0 Å². The van der Waals surface area contributed by atoms with Crippen molar-refractivity contribution < 1.29 is 9.53 Å². The molecule has 0 bridgehead atoms. The number of nitrogens with zero attached hydrogens (tertiary/aromatic N) is 2. The van der Waals surface area contributed by atoms with Gasteiger partial charge in [-0.15, -0.1) is 12.4 Å². The first-order valence-corrected chi connectivity index (χ1v) is 10.8. The fraction of sp³-hybridized carbons (Fsp3) is 0.952. The molecule has 0 unspecified atom stereocenters. The standard InChI is InChI=1S/C21H42N2O2.ClH/c1-3-4-5-6-7-8-9-10-11-14-18-25-19-17-22(2)21(24)20-23-15-12-13-16-23;/h3-20H2,1-2H3;1H. The lowest BCUT2D eigenvalue weighted by Gasteiger charge is -2.21. The Morgan fingerprint density at radius 1 is 0.885 bits per heavy atom. The van der Waals surface area contributed by atoms with Crippen molar-refractivity contribution in [2.24, 2.45) is 0 Å². The van der Waals surface area contributed by atoms with Crippen molar-refractivity contribution in [3.63, 3.8) is 0 Å². The minimum absolute atomic E-state index is 0. The molecule has 0 atom stereocenters. The van der Waals surface area contributed by atoms with Crippen molar-refractivity contribution in [2.75, 3.05) is 46.4 Å². The van der Waals surface area contributed by atoms with E-state index >= 15 is 0 Å². The second-order valence-electron chi connectivity index (χ2n) is 7.59. The quantitative estimate of drug-likeness (QED) is 0.351. The Labute approximate surface area is 168 Å². The molecule has 0 radical (unpaired) electrons. The molecule has 1 fully saturated rings. The summed E-state index contributed by atoms with van der Waals surface area (Å²) in [7, 11) is 1.89. The van der Waals surface area contributed by atoms with E-state index in [4.69, 9.17) is 4.74 Å². The summed E-state index contributed by atoms with van der Waals surface area (Å²) >= 11 is 0. The molecular formula is C21H43ClN2O2. The Bertz CT molecular complexity index is 323. The predicted octanol–water partition coefficient (Wildman–Crippen LogP) is 4.90. The highest BCUT2D eigenvalue weighted by Gasteiger charge is 2.17. The third-order valence-corrected chi connectivity index (χ3v) is 5.20. The number of rotatable bonds is 16. The maximum Gasteiger partial charge on any atom is 0.236 e. The lowest BCUT2D eigenvalue weighted by Crippen LogP contribution is -2.38. The maximum atomic E-state index is 12.1. The van der Waals surface area contributed by atoms with Gasteiger partial charge in [0.15, 0.2) is 0 Å². The predicted molar refractivity (Wildman–Crippen MR) is 113 cm³/mol. The minimum Gasteiger partial charge on any atom is -0.380 e. The van der Waals surface area contributed by atoms with Crippen molar-refractivity contribution in [3.05, 3.63) is 0 Å². The van der Waals surface area contributed by atoms with Gasteiger partial charge in [0.05, 0.1) is 13.2 Å². The number of carbonyl (C=O) groups is 1. The summed E-state index contributed by atoms with van der Waals surface area (Å²) in [5.74, 6) is 0.226. The van der Waals surface area contributed by atoms with Gasteiger partial charge in [-0.1, -0.05) is 64.7 Å². The van der Waals surface area contributed by atoms with Gasteiger partial charge in [-0.25, -0.2) is 0 Å². The number of unbranched alkanes of at least 4 members (excludes halogenated alkanes) is 9. The van der Waals surface area contributed by atoms with E-state index in [-0.39, 0.29) is 18.3 Å². The Morgan fingerprint density at radius 3 is 2.00 bits per heavy atom. The summed E-state index contributed by atoms with van der Waals surface area (Å²) in [5.41, 5.74) is 0. The third-order valence-electron chi connectivity index (χ3n) is 5.20. The van der Waals surface area contributed by atoms with Crippen molar-refractivity contribution in [2.45, 2.75) is 84.0 Å². The molecule has 156 valence electrons. The van der Waals surface area contributed by atoms with Crippen molar-refractivity contribution in [3.8, 4) is 0 Å². The number of carbonyl (C=O) groups excluding carboxylic acids is 1. The molecule has 4 nitrogen and oxygen atoms in total. The van der Waals surface area contributed by atoms with Gasteiger partial charge < -0.3 is 9.64 Å². The molecule has 1 aliphatic rings. The SMILES string of the molecule is CCCCCCCCCCCCOCCN(C)C(=O)CN1CCCC1.Cl. The number of ether oxygens (including phenoxy) is 1. The molecule has 1 aliphatic heterocycles. The second-order valence-corrected chi connectivity index (χ2v) is 7.59. The van der Waals surface area contributed by atoms with E-state index in [9.17, 15) is 4.79 Å². The molecule has 1 saturated heterocycles. The van der Waals surface area contributed by atoms with Gasteiger partial charge in [-0.3, -0.25) is 9.69 Å². The van der Waals surface area contributed by atoms with Crippen LogP contribution in [0.15, 0.2) is 0 Å². The van der Waals surface area contributed by atoms with Crippen molar-refractivity contribution in [1.82, 2.24) is 9.80 Å². The topological polar surface area (TPSA) is 32.8 Å². The molecule has 5 heteroatoms. The maximum absolute atomic E-state index is 12.1. The second kappa shape index (κ2) is 18.1.